The van der Waals surface area contributed by atoms with E-state index in [4.69, 9.17) is 15.2 Å². The molecule has 1 aromatic rings. The van der Waals surface area contributed by atoms with Gasteiger partial charge < -0.3 is 15.2 Å². The quantitative estimate of drug-likeness (QED) is 0.819. The highest BCUT2D eigenvalue weighted by Gasteiger charge is 2.10. The maximum Gasteiger partial charge on any atom is 0.344 e. The third kappa shape index (κ3) is 4.33. The molecule has 0 aromatic heterocycles. The van der Waals surface area contributed by atoms with Crippen molar-refractivity contribution < 1.29 is 18.7 Å². The van der Waals surface area contributed by atoms with E-state index < -0.39 is 11.8 Å². The molecule has 0 fully saturated rings. The highest BCUT2D eigenvalue weighted by atomic mass is 19.1. The maximum atomic E-state index is 13.6. The molecular weight excluding hydrogens is 237 g/mol. The van der Waals surface area contributed by atoms with Gasteiger partial charge >= 0.3 is 5.97 Å². The van der Waals surface area contributed by atoms with Gasteiger partial charge in [-0.1, -0.05) is 6.07 Å². The lowest BCUT2D eigenvalue weighted by atomic mass is 10.1. The van der Waals surface area contributed by atoms with Crippen molar-refractivity contribution in [2.75, 3.05) is 6.61 Å². The highest BCUT2D eigenvalue weighted by Crippen LogP contribution is 2.21. The third-order valence-corrected chi connectivity index (χ3v) is 2.19. The highest BCUT2D eigenvalue weighted by molar-refractivity contribution is 5.71. The van der Waals surface area contributed by atoms with Crippen LogP contribution in [-0.2, 0) is 9.53 Å². The number of hydrogen-bond donors (Lipinski definition) is 1. The molecule has 0 radical (unpaired) electrons. The van der Waals surface area contributed by atoms with Gasteiger partial charge in [0.05, 0.1) is 6.10 Å². The van der Waals surface area contributed by atoms with Gasteiger partial charge in [-0.3, -0.25) is 0 Å². The average Bonchev–Trinajstić information content (AvgIpc) is 2.26. The molecular formula is C13H18FNO3. The van der Waals surface area contributed by atoms with Crippen LogP contribution in [0.5, 0.6) is 5.75 Å². The number of carbonyl (C=O) groups is 1. The second-order valence-electron chi connectivity index (χ2n) is 4.31. The van der Waals surface area contributed by atoms with E-state index in [1.807, 2.05) is 0 Å². The van der Waals surface area contributed by atoms with Crippen molar-refractivity contribution in [3.05, 3.63) is 29.6 Å². The zero-order valence-corrected chi connectivity index (χ0v) is 10.8. The second-order valence-corrected chi connectivity index (χ2v) is 4.31. The molecule has 0 spiro atoms. The van der Waals surface area contributed by atoms with Crippen molar-refractivity contribution in [2.24, 2.45) is 5.73 Å². The van der Waals surface area contributed by atoms with Crippen molar-refractivity contribution in [1.29, 1.82) is 0 Å². The Bertz CT molecular complexity index is 419. The summed E-state index contributed by atoms with van der Waals surface area (Å²) in [5.41, 5.74) is 6.30. The normalized spacial score (nSPS) is 12.3. The number of nitrogens with two attached hydrogens (primary N) is 1. The van der Waals surface area contributed by atoms with Crippen molar-refractivity contribution in [2.45, 2.75) is 32.9 Å². The van der Waals surface area contributed by atoms with Crippen molar-refractivity contribution in [1.82, 2.24) is 0 Å². The van der Waals surface area contributed by atoms with Crippen LogP contribution in [0.25, 0.3) is 0 Å². The fourth-order valence-corrected chi connectivity index (χ4v) is 1.35. The molecule has 4 nitrogen and oxygen atoms in total. The molecule has 0 saturated carbocycles. The molecule has 1 rings (SSSR count). The van der Waals surface area contributed by atoms with E-state index in [2.05, 4.69) is 0 Å². The standard InChI is InChI=1S/C13H18FNO3/c1-8(2)18-13(16)7-17-12-5-4-10(9(3)15)6-11(12)14/h4-6,8-9H,7,15H2,1-3H3. The SMILES string of the molecule is CC(C)OC(=O)COc1ccc(C(C)N)cc1F. The lowest BCUT2D eigenvalue weighted by Gasteiger charge is -2.11. The van der Waals surface area contributed by atoms with Gasteiger partial charge in [0.1, 0.15) is 0 Å². The van der Waals surface area contributed by atoms with Gasteiger partial charge in [-0.2, -0.15) is 0 Å². The first-order valence-corrected chi connectivity index (χ1v) is 5.77. The van der Waals surface area contributed by atoms with E-state index in [9.17, 15) is 9.18 Å². The van der Waals surface area contributed by atoms with Crippen LogP contribution in [0.1, 0.15) is 32.4 Å². The Labute approximate surface area is 106 Å². The summed E-state index contributed by atoms with van der Waals surface area (Å²) >= 11 is 0. The molecule has 0 aliphatic rings. The Hall–Kier alpha value is -1.62. The number of hydrogen-bond acceptors (Lipinski definition) is 4. The van der Waals surface area contributed by atoms with Gasteiger partial charge in [-0.15, -0.1) is 0 Å². The van der Waals surface area contributed by atoms with E-state index >= 15 is 0 Å². The molecule has 0 saturated heterocycles. The first kappa shape index (κ1) is 14.4. The first-order valence-electron chi connectivity index (χ1n) is 5.77. The fourth-order valence-electron chi connectivity index (χ4n) is 1.35. The minimum atomic E-state index is -0.540. The lowest BCUT2D eigenvalue weighted by molar-refractivity contribution is -0.149. The van der Waals surface area contributed by atoms with Gasteiger partial charge in [-0.05, 0) is 38.5 Å². The smallest absolute Gasteiger partial charge is 0.344 e. The summed E-state index contributed by atoms with van der Waals surface area (Å²) in [5.74, 6) is -1.05. The van der Waals surface area contributed by atoms with E-state index in [1.54, 1.807) is 26.8 Å². The summed E-state index contributed by atoms with van der Waals surface area (Å²) in [4.78, 5) is 11.2. The van der Waals surface area contributed by atoms with Crippen LogP contribution < -0.4 is 10.5 Å². The van der Waals surface area contributed by atoms with Gasteiger partial charge in [0.25, 0.3) is 0 Å². The monoisotopic (exact) mass is 255 g/mol. The van der Waals surface area contributed by atoms with Gasteiger partial charge in [-0.25, -0.2) is 9.18 Å². The minimum Gasteiger partial charge on any atom is -0.479 e. The molecule has 0 aliphatic heterocycles. The summed E-state index contributed by atoms with van der Waals surface area (Å²) < 4.78 is 23.5. The minimum absolute atomic E-state index is 0.0140. The zero-order chi connectivity index (χ0) is 13.7. The number of esters is 1. The van der Waals surface area contributed by atoms with E-state index in [1.165, 1.54) is 12.1 Å². The Kier molecular flexibility index (Phi) is 5.09. The van der Waals surface area contributed by atoms with E-state index in [0.717, 1.165) is 0 Å². The van der Waals surface area contributed by atoms with Gasteiger partial charge in [0, 0.05) is 6.04 Å². The predicted molar refractivity (Wildman–Crippen MR) is 65.7 cm³/mol. The topological polar surface area (TPSA) is 61.5 Å². The van der Waals surface area contributed by atoms with Crippen LogP contribution in [0.4, 0.5) is 4.39 Å². The van der Waals surface area contributed by atoms with Crippen LogP contribution in [0.3, 0.4) is 0 Å². The largest absolute Gasteiger partial charge is 0.479 e. The molecule has 0 aliphatic carbocycles. The summed E-state index contributed by atoms with van der Waals surface area (Å²) in [6.45, 7) is 4.91. The van der Waals surface area contributed by atoms with Crippen LogP contribution in [0.15, 0.2) is 18.2 Å². The fraction of sp³-hybridized carbons (Fsp3) is 0.462. The number of ether oxygens (including phenoxy) is 2. The van der Waals surface area contributed by atoms with Gasteiger partial charge in [0.2, 0.25) is 0 Å². The summed E-state index contributed by atoms with van der Waals surface area (Å²) in [7, 11) is 0. The van der Waals surface area contributed by atoms with Crippen LogP contribution in [-0.4, -0.2) is 18.7 Å². The Balaban J connectivity index is 2.60. The Morgan fingerprint density at radius 1 is 1.39 bits per heavy atom. The molecule has 0 heterocycles. The molecule has 18 heavy (non-hydrogen) atoms. The summed E-state index contributed by atoms with van der Waals surface area (Å²) in [6, 6.07) is 4.17. The zero-order valence-electron chi connectivity index (χ0n) is 10.8. The number of rotatable bonds is 5. The molecule has 0 bridgehead atoms. The van der Waals surface area contributed by atoms with E-state index in [0.29, 0.717) is 5.56 Å². The lowest BCUT2D eigenvalue weighted by Crippen LogP contribution is -2.19. The molecule has 1 atom stereocenters. The molecule has 2 N–H and O–H groups in total. The van der Waals surface area contributed by atoms with Crippen LogP contribution in [0, 0.1) is 5.82 Å². The number of benzene rings is 1. The molecule has 5 heteroatoms. The summed E-state index contributed by atoms with van der Waals surface area (Å²) in [5, 5.41) is 0. The van der Waals surface area contributed by atoms with Crippen molar-refractivity contribution in [3.8, 4) is 5.75 Å². The predicted octanol–water partition coefficient (Wildman–Crippen LogP) is 2.18. The van der Waals surface area contributed by atoms with Crippen LogP contribution in [0.2, 0.25) is 0 Å². The van der Waals surface area contributed by atoms with Crippen LogP contribution >= 0.6 is 0 Å². The Morgan fingerprint density at radius 3 is 2.56 bits per heavy atom. The molecule has 1 aromatic carbocycles. The molecule has 0 amide bonds. The number of halogens is 1. The van der Waals surface area contributed by atoms with Crippen molar-refractivity contribution >= 4 is 5.97 Å². The molecule has 100 valence electrons. The first-order chi connectivity index (χ1) is 8.40. The maximum absolute atomic E-state index is 13.6. The van der Waals surface area contributed by atoms with E-state index in [-0.39, 0.29) is 24.5 Å². The van der Waals surface area contributed by atoms with Crippen molar-refractivity contribution in [3.63, 3.8) is 0 Å². The number of carbonyl (C=O) groups excluding carboxylic acids is 1. The second kappa shape index (κ2) is 6.35. The van der Waals surface area contributed by atoms with Gasteiger partial charge in [0.15, 0.2) is 18.2 Å². The third-order valence-electron chi connectivity index (χ3n) is 2.19. The average molecular weight is 255 g/mol. The Morgan fingerprint density at radius 2 is 2.06 bits per heavy atom. The molecule has 1 unspecified atom stereocenters. The summed E-state index contributed by atoms with van der Waals surface area (Å²) in [6.07, 6.45) is -0.216.